The van der Waals surface area contributed by atoms with Gasteiger partial charge in [0.1, 0.15) is 5.69 Å². The number of hydrogen-bond donors (Lipinski definition) is 1. The number of amides is 2. The number of rotatable bonds is 3. The van der Waals surface area contributed by atoms with Crippen molar-refractivity contribution in [3.63, 3.8) is 0 Å². The third-order valence-electron chi connectivity index (χ3n) is 4.60. The molecule has 25 heavy (non-hydrogen) atoms. The molecule has 0 spiro atoms. The number of primary amides is 1. The van der Waals surface area contributed by atoms with Gasteiger partial charge < -0.3 is 15.1 Å². The molecule has 0 bridgehead atoms. The predicted molar refractivity (Wildman–Crippen MR) is 92.6 cm³/mol. The minimum atomic E-state index is -0.355. The Balaban J connectivity index is 1.78. The van der Waals surface area contributed by atoms with E-state index in [1.165, 1.54) is 0 Å². The molecular formula is C19H17N3O3. The van der Waals surface area contributed by atoms with E-state index in [1.54, 1.807) is 23.3 Å². The Labute approximate surface area is 144 Å². The quantitative estimate of drug-likeness (QED) is 0.796. The van der Waals surface area contributed by atoms with E-state index in [0.717, 1.165) is 10.9 Å². The molecule has 1 fully saturated rings. The number of fused-ring (bicyclic) bond motifs is 1. The summed E-state index contributed by atoms with van der Waals surface area (Å²) in [4.78, 5) is 30.7. The molecule has 6 heteroatoms. The first-order chi connectivity index (χ1) is 12.1. The van der Waals surface area contributed by atoms with Crippen molar-refractivity contribution < 1.29 is 14.0 Å². The molecule has 1 unspecified atom stereocenters. The highest BCUT2D eigenvalue weighted by molar-refractivity contribution is 6.07. The van der Waals surface area contributed by atoms with Crippen LogP contribution in [0.2, 0.25) is 0 Å². The van der Waals surface area contributed by atoms with Crippen LogP contribution in [-0.2, 0) is 4.79 Å². The van der Waals surface area contributed by atoms with Crippen molar-refractivity contribution in [1.82, 2.24) is 9.88 Å². The fourth-order valence-electron chi connectivity index (χ4n) is 3.25. The zero-order valence-electron chi connectivity index (χ0n) is 13.5. The van der Waals surface area contributed by atoms with E-state index < -0.39 is 0 Å². The third-order valence-corrected chi connectivity index (χ3v) is 4.60. The summed E-state index contributed by atoms with van der Waals surface area (Å²) < 4.78 is 5.43. The van der Waals surface area contributed by atoms with Crippen LogP contribution in [0.25, 0.3) is 22.4 Å². The lowest BCUT2D eigenvalue weighted by molar-refractivity contribution is -0.121. The van der Waals surface area contributed by atoms with E-state index in [4.69, 9.17) is 10.2 Å². The highest BCUT2D eigenvalue weighted by Gasteiger charge is 2.31. The summed E-state index contributed by atoms with van der Waals surface area (Å²) in [6.07, 6.45) is 2.18. The molecule has 126 valence electrons. The van der Waals surface area contributed by atoms with Crippen LogP contribution in [0.3, 0.4) is 0 Å². The monoisotopic (exact) mass is 335 g/mol. The first-order valence-electron chi connectivity index (χ1n) is 8.16. The SMILES string of the molecule is NC(=O)C1CCN(C(=O)c2cc(-c3ccco3)nc3ccccc23)C1. The number of nitrogens with zero attached hydrogens (tertiary/aromatic N) is 2. The summed E-state index contributed by atoms with van der Waals surface area (Å²) in [5.74, 6) is -0.140. The molecule has 2 N–H and O–H groups in total. The Bertz CT molecular complexity index is 950. The van der Waals surface area contributed by atoms with Crippen molar-refractivity contribution in [1.29, 1.82) is 0 Å². The maximum absolute atomic E-state index is 13.1. The number of carbonyl (C=O) groups excluding carboxylic acids is 2. The Morgan fingerprint density at radius 1 is 1.20 bits per heavy atom. The van der Waals surface area contributed by atoms with Crippen molar-refractivity contribution in [3.8, 4) is 11.5 Å². The van der Waals surface area contributed by atoms with Crippen molar-refractivity contribution in [3.05, 3.63) is 54.3 Å². The van der Waals surface area contributed by atoms with Crippen LogP contribution < -0.4 is 5.73 Å². The van der Waals surface area contributed by atoms with Crippen molar-refractivity contribution >= 4 is 22.7 Å². The number of likely N-dealkylation sites (tertiary alicyclic amines) is 1. The zero-order valence-corrected chi connectivity index (χ0v) is 13.5. The van der Waals surface area contributed by atoms with Gasteiger partial charge in [-0.2, -0.15) is 0 Å². The van der Waals surface area contributed by atoms with Crippen LogP contribution in [0.5, 0.6) is 0 Å². The fourth-order valence-corrected chi connectivity index (χ4v) is 3.25. The molecule has 1 aliphatic rings. The van der Waals surface area contributed by atoms with Gasteiger partial charge >= 0.3 is 0 Å². The number of hydrogen-bond acceptors (Lipinski definition) is 4. The van der Waals surface area contributed by atoms with Gasteiger partial charge in [0.15, 0.2) is 5.76 Å². The van der Waals surface area contributed by atoms with Crippen molar-refractivity contribution in [2.45, 2.75) is 6.42 Å². The maximum atomic E-state index is 13.1. The molecule has 6 nitrogen and oxygen atoms in total. The first kappa shape index (κ1) is 15.4. The minimum Gasteiger partial charge on any atom is -0.463 e. The predicted octanol–water partition coefficient (Wildman–Crippen LogP) is 2.44. The minimum absolute atomic E-state index is 0.116. The molecule has 0 aliphatic carbocycles. The van der Waals surface area contributed by atoms with Gasteiger partial charge in [-0.1, -0.05) is 18.2 Å². The van der Waals surface area contributed by atoms with E-state index in [1.807, 2.05) is 30.3 Å². The van der Waals surface area contributed by atoms with Crippen LogP contribution in [0, 0.1) is 5.92 Å². The Kier molecular flexibility index (Phi) is 3.72. The molecule has 1 aromatic carbocycles. The van der Waals surface area contributed by atoms with Crippen molar-refractivity contribution in [2.24, 2.45) is 11.7 Å². The van der Waals surface area contributed by atoms with Crippen LogP contribution in [0.4, 0.5) is 0 Å². The maximum Gasteiger partial charge on any atom is 0.254 e. The fraction of sp³-hybridized carbons (Fsp3) is 0.211. The van der Waals surface area contributed by atoms with E-state index >= 15 is 0 Å². The van der Waals surface area contributed by atoms with Crippen LogP contribution in [-0.4, -0.2) is 34.8 Å². The van der Waals surface area contributed by atoms with Gasteiger partial charge in [0.05, 0.1) is 23.3 Å². The zero-order chi connectivity index (χ0) is 17.4. The number of pyridine rings is 1. The van der Waals surface area contributed by atoms with Crippen molar-refractivity contribution in [2.75, 3.05) is 13.1 Å². The summed E-state index contributed by atoms with van der Waals surface area (Å²) in [5, 5.41) is 0.783. The number of furan rings is 1. The molecule has 3 heterocycles. The highest BCUT2D eigenvalue weighted by atomic mass is 16.3. The van der Waals surface area contributed by atoms with Gasteiger partial charge in [-0.15, -0.1) is 0 Å². The smallest absolute Gasteiger partial charge is 0.254 e. The Morgan fingerprint density at radius 3 is 2.76 bits per heavy atom. The van der Waals surface area contributed by atoms with Gasteiger partial charge in [-0.25, -0.2) is 4.98 Å². The second-order valence-corrected chi connectivity index (χ2v) is 6.19. The van der Waals surface area contributed by atoms with Gasteiger partial charge in [-0.05, 0) is 30.7 Å². The normalized spacial score (nSPS) is 17.1. The van der Waals surface area contributed by atoms with E-state index in [-0.39, 0.29) is 17.7 Å². The molecule has 2 aromatic heterocycles. The van der Waals surface area contributed by atoms with E-state index in [2.05, 4.69) is 4.98 Å². The molecule has 0 saturated carbocycles. The van der Waals surface area contributed by atoms with Gasteiger partial charge in [0.2, 0.25) is 5.91 Å². The number of benzene rings is 1. The lowest BCUT2D eigenvalue weighted by atomic mass is 10.1. The van der Waals surface area contributed by atoms with Gasteiger partial charge in [0.25, 0.3) is 5.91 Å². The molecule has 0 radical (unpaired) electrons. The number of aromatic nitrogens is 1. The van der Waals surface area contributed by atoms with Crippen LogP contribution in [0.15, 0.2) is 53.1 Å². The largest absolute Gasteiger partial charge is 0.463 e. The van der Waals surface area contributed by atoms with Gasteiger partial charge in [-0.3, -0.25) is 9.59 Å². The molecule has 1 saturated heterocycles. The summed E-state index contributed by atoms with van der Waals surface area (Å²) in [6, 6.07) is 12.9. The molecule has 1 aliphatic heterocycles. The Hall–Kier alpha value is -3.15. The molecule has 3 aromatic rings. The standard InChI is InChI=1S/C19H17N3O3/c20-18(23)12-7-8-22(11-12)19(24)14-10-16(17-6-3-9-25-17)21-15-5-2-1-4-13(14)15/h1-6,9-10,12H,7-8,11H2,(H2,20,23). The molecule has 1 atom stereocenters. The molecule has 4 rings (SSSR count). The lowest BCUT2D eigenvalue weighted by Crippen LogP contribution is -2.31. The lowest BCUT2D eigenvalue weighted by Gasteiger charge is -2.17. The Morgan fingerprint density at radius 2 is 2.04 bits per heavy atom. The summed E-state index contributed by atoms with van der Waals surface area (Å²) >= 11 is 0. The van der Waals surface area contributed by atoms with Gasteiger partial charge in [0, 0.05) is 18.5 Å². The molecular weight excluding hydrogens is 318 g/mol. The highest BCUT2D eigenvalue weighted by Crippen LogP contribution is 2.27. The number of nitrogens with two attached hydrogens (primary N) is 1. The van der Waals surface area contributed by atoms with Crippen LogP contribution in [0.1, 0.15) is 16.8 Å². The first-order valence-corrected chi connectivity index (χ1v) is 8.16. The second-order valence-electron chi connectivity index (χ2n) is 6.19. The van der Waals surface area contributed by atoms with E-state index in [0.29, 0.717) is 36.5 Å². The topological polar surface area (TPSA) is 89.4 Å². The number of para-hydroxylation sites is 1. The summed E-state index contributed by atoms with van der Waals surface area (Å²) in [6.45, 7) is 0.889. The second kappa shape index (κ2) is 6.05. The third kappa shape index (κ3) is 2.76. The van der Waals surface area contributed by atoms with Crippen LogP contribution >= 0.6 is 0 Å². The summed E-state index contributed by atoms with van der Waals surface area (Å²) in [7, 11) is 0. The average molecular weight is 335 g/mol. The molecule has 2 amide bonds. The average Bonchev–Trinajstić information content (AvgIpc) is 3.31. The summed E-state index contributed by atoms with van der Waals surface area (Å²) in [5.41, 5.74) is 7.27. The number of carbonyl (C=O) groups is 2. The van der Waals surface area contributed by atoms with E-state index in [9.17, 15) is 9.59 Å².